The monoisotopic (exact) mass is 412 g/mol. The predicted molar refractivity (Wildman–Crippen MR) is 92.9 cm³/mol. The number of hydrogen-bond donors (Lipinski definition) is 1. The van der Waals surface area contributed by atoms with Gasteiger partial charge in [-0.05, 0) is 65.6 Å². The Kier molecular flexibility index (Phi) is 6.21. The van der Waals surface area contributed by atoms with Gasteiger partial charge in [0, 0.05) is 22.8 Å². The Labute approximate surface area is 142 Å². The van der Waals surface area contributed by atoms with E-state index in [4.69, 9.17) is 4.74 Å². The van der Waals surface area contributed by atoms with Gasteiger partial charge in [-0.3, -0.25) is 0 Å². The van der Waals surface area contributed by atoms with Crippen molar-refractivity contribution < 1.29 is 4.74 Å². The normalized spacial score (nSPS) is 10.7. The number of hydrogen-bond acceptors (Lipinski definition) is 3. The van der Waals surface area contributed by atoms with E-state index in [0.717, 1.165) is 39.8 Å². The van der Waals surface area contributed by atoms with E-state index in [1.807, 2.05) is 31.3 Å². The quantitative estimate of drug-likeness (QED) is 0.660. The van der Waals surface area contributed by atoms with Crippen molar-refractivity contribution in [2.75, 3.05) is 6.54 Å². The maximum Gasteiger partial charge on any atom is 0.222 e. The molecule has 0 radical (unpaired) electrons. The molecular weight excluding hydrogens is 396 g/mol. The molecule has 21 heavy (non-hydrogen) atoms. The van der Waals surface area contributed by atoms with E-state index in [1.165, 1.54) is 5.56 Å². The average molecular weight is 414 g/mol. The summed E-state index contributed by atoms with van der Waals surface area (Å²) in [6.45, 7) is 6.02. The highest BCUT2D eigenvalue weighted by Gasteiger charge is 2.08. The number of nitrogens with one attached hydrogen (secondary N) is 1. The lowest BCUT2D eigenvalue weighted by molar-refractivity contribution is 0.455. The number of rotatable bonds is 6. The summed E-state index contributed by atoms with van der Waals surface area (Å²) in [5.41, 5.74) is 2.20. The summed E-state index contributed by atoms with van der Waals surface area (Å²) in [5.74, 6) is 1.39. The smallest absolute Gasteiger partial charge is 0.222 e. The van der Waals surface area contributed by atoms with Crippen LogP contribution < -0.4 is 10.1 Å². The van der Waals surface area contributed by atoms with Gasteiger partial charge in [-0.25, -0.2) is 4.98 Å². The molecule has 0 aliphatic carbocycles. The molecule has 0 bridgehead atoms. The number of nitrogens with zero attached hydrogens (tertiary/aromatic N) is 1. The van der Waals surface area contributed by atoms with Crippen LogP contribution in [-0.4, -0.2) is 11.5 Å². The van der Waals surface area contributed by atoms with Crippen LogP contribution in [-0.2, 0) is 6.54 Å². The Morgan fingerprint density at radius 1 is 1.24 bits per heavy atom. The van der Waals surface area contributed by atoms with Crippen LogP contribution in [0.5, 0.6) is 11.6 Å². The second kappa shape index (κ2) is 7.92. The number of ether oxygens (including phenoxy) is 1. The van der Waals surface area contributed by atoms with Gasteiger partial charge in [0.2, 0.25) is 5.88 Å². The van der Waals surface area contributed by atoms with E-state index >= 15 is 0 Å². The van der Waals surface area contributed by atoms with Crippen LogP contribution in [0.25, 0.3) is 0 Å². The molecule has 5 heteroatoms. The third-order valence-corrected chi connectivity index (χ3v) is 4.06. The molecule has 1 heterocycles. The molecule has 112 valence electrons. The predicted octanol–water partition coefficient (Wildman–Crippen LogP) is 5.21. The number of pyridine rings is 1. The maximum atomic E-state index is 5.88. The van der Waals surface area contributed by atoms with Crippen LogP contribution in [0.15, 0.2) is 39.4 Å². The van der Waals surface area contributed by atoms with Gasteiger partial charge in [-0.15, -0.1) is 0 Å². The fourth-order valence-corrected chi connectivity index (χ4v) is 3.02. The molecule has 2 aromatic rings. The van der Waals surface area contributed by atoms with Crippen LogP contribution >= 0.6 is 31.9 Å². The highest BCUT2D eigenvalue weighted by atomic mass is 79.9. The molecule has 0 aliphatic rings. The Balaban J connectivity index is 2.10. The van der Waals surface area contributed by atoms with Gasteiger partial charge in [0.1, 0.15) is 5.75 Å². The van der Waals surface area contributed by atoms with Crippen LogP contribution in [0, 0.1) is 6.92 Å². The summed E-state index contributed by atoms with van der Waals surface area (Å²) >= 11 is 6.92. The van der Waals surface area contributed by atoms with Crippen molar-refractivity contribution in [2.24, 2.45) is 0 Å². The summed E-state index contributed by atoms with van der Waals surface area (Å²) in [4.78, 5) is 4.42. The van der Waals surface area contributed by atoms with Crippen LogP contribution in [0.3, 0.4) is 0 Å². The molecule has 0 saturated carbocycles. The lowest BCUT2D eigenvalue weighted by Gasteiger charge is -2.11. The Bertz CT molecular complexity index is 617. The Morgan fingerprint density at radius 3 is 2.71 bits per heavy atom. The Morgan fingerprint density at radius 2 is 2.05 bits per heavy atom. The maximum absolute atomic E-state index is 5.88. The first-order valence-corrected chi connectivity index (χ1v) is 8.48. The van der Waals surface area contributed by atoms with Crippen molar-refractivity contribution in [3.8, 4) is 11.6 Å². The minimum atomic E-state index is 0.636. The van der Waals surface area contributed by atoms with Gasteiger partial charge in [-0.1, -0.05) is 22.9 Å². The number of aromatic nitrogens is 1. The third-order valence-electron chi connectivity index (χ3n) is 2.94. The van der Waals surface area contributed by atoms with Gasteiger partial charge >= 0.3 is 0 Å². The molecule has 0 unspecified atom stereocenters. The zero-order valence-electron chi connectivity index (χ0n) is 12.1. The van der Waals surface area contributed by atoms with Crippen molar-refractivity contribution >= 4 is 31.9 Å². The summed E-state index contributed by atoms with van der Waals surface area (Å²) in [7, 11) is 0. The number of aryl methyl sites for hydroxylation is 1. The molecule has 0 spiro atoms. The second-order valence-corrected chi connectivity index (χ2v) is 6.59. The molecule has 0 atom stereocenters. The number of benzene rings is 1. The summed E-state index contributed by atoms with van der Waals surface area (Å²) in [6, 6.07) is 7.91. The van der Waals surface area contributed by atoms with Gasteiger partial charge in [0.15, 0.2) is 0 Å². The van der Waals surface area contributed by atoms with Crippen molar-refractivity contribution in [1.82, 2.24) is 10.3 Å². The van der Waals surface area contributed by atoms with Crippen LogP contribution in [0.2, 0.25) is 0 Å². The van der Waals surface area contributed by atoms with E-state index in [9.17, 15) is 0 Å². The van der Waals surface area contributed by atoms with E-state index in [0.29, 0.717) is 5.88 Å². The fourth-order valence-electron chi connectivity index (χ4n) is 1.90. The van der Waals surface area contributed by atoms with Gasteiger partial charge in [0.05, 0.1) is 4.47 Å². The van der Waals surface area contributed by atoms with E-state index in [2.05, 4.69) is 55.2 Å². The van der Waals surface area contributed by atoms with E-state index in [-0.39, 0.29) is 0 Å². The van der Waals surface area contributed by atoms with Crippen LogP contribution in [0.1, 0.15) is 24.5 Å². The zero-order chi connectivity index (χ0) is 15.2. The summed E-state index contributed by atoms with van der Waals surface area (Å²) in [6.07, 6.45) is 2.99. The highest BCUT2D eigenvalue weighted by molar-refractivity contribution is 9.11. The summed E-state index contributed by atoms with van der Waals surface area (Å²) < 4.78 is 7.77. The Hall–Kier alpha value is -0.910. The zero-order valence-corrected chi connectivity index (χ0v) is 15.3. The molecule has 1 aromatic heterocycles. The van der Waals surface area contributed by atoms with Gasteiger partial charge in [0.25, 0.3) is 0 Å². The van der Waals surface area contributed by atoms with Crippen molar-refractivity contribution in [2.45, 2.75) is 26.8 Å². The van der Waals surface area contributed by atoms with Gasteiger partial charge < -0.3 is 10.1 Å². The van der Waals surface area contributed by atoms with Crippen molar-refractivity contribution in [3.05, 3.63) is 50.5 Å². The molecule has 2 rings (SSSR count). The minimum absolute atomic E-state index is 0.636. The first-order chi connectivity index (χ1) is 10.1. The molecule has 1 N–H and O–H groups in total. The molecular formula is C16H18Br2N2O. The highest BCUT2D eigenvalue weighted by Crippen LogP contribution is 2.32. The molecule has 0 amide bonds. The topological polar surface area (TPSA) is 34.2 Å². The lowest BCUT2D eigenvalue weighted by Crippen LogP contribution is -2.14. The number of halogens is 2. The van der Waals surface area contributed by atoms with Gasteiger partial charge in [-0.2, -0.15) is 0 Å². The first kappa shape index (κ1) is 16.5. The summed E-state index contributed by atoms with van der Waals surface area (Å²) in [5, 5.41) is 3.37. The molecule has 3 nitrogen and oxygen atoms in total. The lowest BCUT2D eigenvalue weighted by atomic mass is 10.2. The largest absolute Gasteiger partial charge is 0.438 e. The standard InChI is InChI=1S/C16H18Br2N2O/c1-3-6-19-9-12-7-11(2)16(20-10-12)21-15-5-4-13(17)8-14(15)18/h4-5,7-8,10,19H,3,6,9H2,1-2H3. The van der Waals surface area contributed by atoms with E-state index < -0.39 is 0 Å². The SMILES string of the molecule is CCCNCc1cnc(Oc2ccc(Br)cc2Br)c(C)c1. The third kappa shape index (κ3) is 4.80. The molecule has 1 aromatic carbocycles. The van der Waals surface area contributed by atoms with Crippen LogP contribution in [0.4, 0.5) is 0 Å². The van der Waals surface area contributed by atoms with E-state index in [1.54, 1.807) is 0 Å². The average Bonchev–Trinajstić information content (AvgIpc) is 2.44. The molecule has 0 saturated heterocycles. The molecule has 0 fully saturated rings. The van der Waals surface area contributed by atoms with Crippen molar-refractivity contribution in [3.63, 3.8) is 0 Å². The first-order valence-electron chi connectivity index (χ1n) is 6.89. The minimum Gasteiger partial charge on any atom is -0.438 e. The second-order valence-electron chi connectivity index (χ2n) is 4.82. The van der Waals surface area contributed by atoms with Crippen molar-refractivity contribution in [1.29, 1.82) is 0 Å². The molecule has 0 aliphatic heterocycles. The fraction of sp³-hybridized carbons (Fsp3) is 0.312.